The molecule has 2 aromatic rings. The van der Waals surface area contributed by atoms with Crippen LogP contribution >= 0.6 is 11.8 Å². The predicted octanol–water partition coefficient (Wildman–Crippen LogP) is 4.88. The Labute approximate surface area is 130 Å². The Kier molecular flexibility index (Phi) is 4.56. The molecule has 0 spiro atoms. The van der Waals surface area contributed by atoms with Crippen molar-refractivity contribution in [1.82, 2.24) is 0 Å². The number of carbonyl (C=O) groups is 1. The van der Waals surface area contributed by atoms with E-state index in [1.165, 1.54) is 5.56 Å². The molecular weight excluding hydrogens is 276 g/mol. The molecule has 0 fully saturated rings. The molecule has 0 saturated carbocycles. The average Bonchev–Trinajstić information content (AvgIpc) is 2.53. The molecule has 0 heterocycles. The summed E-state index contributed by atoms with van der Waals surface area (Å²) in [5, 5.41) is 0. The van der Waals surface area contributed by atoms with E-state index >= 15 is 0 Å². The van der Waals surface area contributed by atoms with Gasteiger partial charge in [0.15, 0.2) is 5.78 Å². The number of hydrogen-bond donors (Lipinski definition) is 0. The van der Waals surface area contributed by atoms with Gasteiger partial charge in [0, 0.05) is 11.3 Å². The maximum absolute atomic E-state index is 12.1. The molecule has 1 aliphatic carbocycles. The van der Waals surface area contributed by atoms with Crippen molar-refractivity contribution in [3.63, 3.8) is 0 Å². The van der Waals surface area contributed by atoms with Crippen molar-refractivity contribution >= 4 is 17.5 Å². The van der Waals surface area contributed by atoms with E-state index in [9.17, 15) is 4.79 Å². The van der Waals surface area contributed by atoms with Crippen LogP contribution in [0.2, 0.25) is 0 Å². The van der Waals surface area contributed by atoms with E-state index in [1.54, 1.807) is 11.8 Å². The first kappa shape index (κ1) is 14.2. The van der Waals surface area contributed by atoms with Crippen molar-refractivity contribution in [3.05, 3.63) is 77.2 Å². The summed E-state index contributed by atoms with van der Waals surface area (Å²) in [7, 11) is 0. The molecule has 1 unspecified atom stereocenters. The standard InChI is InChI=1S/C19H18OS/c20-18-12-11-16(13-15-7-3-1-4-8-15)14-19(18)21-17-9-5-2-6-10-17/h1-10,14,16H,11-13H2. The van der Waals surface area contributed by atoms with Crippen LogP contribution in [-0.2, 0) is 11.2 Å². The van der Waals surface area contributed by atoms with Gasteiger partial charge in [0.1, 0.15) is 0 Å². The van der Waals surface area contributed by atoms with Crippen molar-refractivity contribution in [1.29, 1.82) is 0 Å². The summed E-state index contributed by atoms with van der Waals surface area (Å²) in [5.74, 6) is 0.754. The highest BCUT2D eigenvalue weighted by Gasteiger charge is 2.21. The van der Waals surface area contributed by atoms with Crippen LogP contribution in [0.4, 0.5) is 0 Å². The predicted molar refractivity (Wildman–Crippen MR) is 88.3 cm³/mol. The number of carbonyl (C=O) groups excluding carboxylic acids is 1. The Hall–Kier alpha value is -1.80. The highest BCUT2D eigenvalue weighted by molar-refractivity contribution is 8.04. The van der Waals surface area contributed by atoms with E-state index in [4.69, 9.17) is 0 Å². The van der Waals surface area contributed by atoms with Crippen molar-refractivity contribution in [2.24, 2.45) is 5.92 Å². The summed E-state index contributed by atoms with van der Waals surface area (Å²) in [6, 6.07) is 20.6. The number of thioether (sulfide) groups is 1. The third-order valence-electron chi connectivity index (χ3n) is 3.72. The molecule has 106 valence electrons. The normalized spacial score (nSPS) is 18.4. The van der Waals surface area contributed by atoms with Crippen LogP contribution in [-0.4, -0.2) is 5.78 Å². The second-order valence-corrected chi connectivity index (χ2v) is 6.47. The monoisotopic (exact) mass is 294 g/mol. The summed E-state index contributed by atoms with van der Waals surface area (Å²) in [6.07, 6.45) is 4.83. The van der Waals surface area contributed by atoms with Gasteiger partial charge in [0.25, 0.3) is 0 Å². The highest BCUT2D eigenvalue weighted by Crippen LogP contribution is 2.34. The van der Waals surface area contributed by atoms with Gasteiger partial charge in [-0.3, -0.25) is 4.79 Å². The molecule has 1 atom stereocenters. The number of Topliss-reactive ketones (excluding diaryl/α,β-unsaturated/α-hetero) is 1. The molecular formula is C19H18OS. The molecule has 1 nitrogen and oxygen atoms in total. The molecule has 0 aromatic heterocycles. The molecule has 0 aliphatic heterocycles. The smallest absolute Gasteiger partial charge is 0.169 e. The van der Waals surface area contributed by atoms with E-state index in [1.807, 2.05) is 24.3 Å². The van der Waals surface area contributed by atoms with E-state index in [0.29, 0.717) is 12.3 Å². The Bertz CT molecular complexity index is 631. The summed E-state index contributed by atoms with van der Waals surface area (Å²) in [4.78, 5) is 14.2. The molecule has 0 bridgehead atoms. The Morgan fingerprint density at radius 1 is 0.952 bits per heavy atom. The van der Waals surface area contributed by atoms with Gasteiger partial charge < -0.3 is 0 Å². The minimum atomic E-state index is 0.285. The number of allylic oxidation sites excluding steroid dienone is 2. The molecule has 2 aromatic carbocycles. The third-order valence-corrected chi connectivity index (χ3v) is 4.81. The fourth-order valence-corrected chi connectivity index (χ4v) is 3.64. The fourth-order valence-electron chi connectivity index (χ4n) is 2.61. The lowest BCUT2D eigenvalue weighted by molar-refractivity contribution is -0.115. The number of benzene rings is 2. The highest BCUT2D eigenvalue weighted by atomic mass is 32.2. The van der Waals surface area contributed by atoms with Crippen LogP contribution in [0.25, 0.3) is 0 Å². The molecule has 3 rings (SSSR count). The van der Waals surface area contributed by atoms with Gasteiger partial charge in [-0.1, -0.05) is 66.4 Å². The minimum Gasteiger partial charge on any atom is -0.294 e. The fraction of sp³-hybridized carbons (Fsp3) is 0.211. The maximum Gasteiger partial charge on any atom is 0.169 e. The quantitative estimate of drug-likeness (QED) is 0.799. The Balaban J connectivity index is 1.73. The zero-order chi connectivity index (χ0) is 14.5. The Morgan fingerprint density at radius 3 is 2.33 bits per heavy atom. The topological polar surface area (TPSA) is 17.1 Å². The van der Waals surface area contributed by atoms with Crippen LogP contribution in [0, 0.1) is 5.92 Å². The number of rotatable bonds is 4. The van der Waals surface area contributed by atoms with Crippen LogP contribution in [0.3, 0.4) is 0 Å². The average molecular weight is 294 g/mol. The van der Waals surface area contributed by atoms with Gasteiger partial charge in [-0.25, -0.2) is 0 Å². The van der Waals surface area contributed by atoms with Gasteiger partial charge >= 0.3 is 0 Å². The summed E-state index contributed by atoms with van der Waals surface area (Å²) >= 11 is 1.60. The lowest BCUT2D eigenvalue weighted by Gasteiger charge is -2.20. The van der Waals surface area contributed by atoms with Crippen LogP contribution in [0.5, 0.6) is 0 Å². The van der Waals surface area contributed by atoms with E-state index < -0.39 is 0 Å². The molecule has 0 amide bonds. The molecule has 0 saturated heterocycles. The molecule has 0 radical (unpaired) electrons. The second kappa shape index (κ2) is 6.77. The van der Waals surface area contributed by atoms with Gasteiger partial charge in [0.2, 0.25) is 0 Å². The first-order valence-corrected chi connectivity index (χ1v) is 8.15. The van der Waals surface area contributed by atoms with Gasteiger partial charge in [0.05, 0.1) is 4.91 Å². The SMILES string of the molecule is O=C1CCC(Cc2ccccc2)C=C1Sc1ccccc1. The first-order valence-electron chi connectivity index (χ1n) is 7.33. The number of hydrogen-bond acceptors (Lipinski definition) is 2. The van der Waals surface area contributed by atoms with Crippen LogP contribution in [0.15, 0.2) is 76.5 Å². The largest absolute Gasteiger partial charge is 0.294 e. The van der Waals surface area contributed by atoms with Crippen molar-refractivity contribution in [3.8, 4) is 0 Å². The molecule has 1 aliphatic rings. The minimum absolute atomic E-state index is 0.285. The van der Waals surface area contributed by atoms with E-state index in [0.717, 1.165) is 22.6 Å². The van der Waals surface area contributed by atoms with E-state index in [-0.39, 0.29) is 5.78 Å². The zero-order valence-electron chi connectivity index (χ0n) is 11.9. The van der Waals surface area contributed by atoms with Crippen LogP contribution < -0.4 is 0 Å². The first-order chi connectivity index (χ1) is 10.3. The third kappa shape index (κ3) is 3.85. The molecule has 0 N–H and O–H groups in total. The van der Waals surface area contributed by atoms with Crippen molar-refractivity contribution in [2.75, 3.05) is 0 Å². The Morgan fingerprint density at radius 2 is 1.62 bits per heavy atom. The summed E-state index contributed by atoms with van der Waals surface area (Å²) in [6.45, 7) is 0. The van der Waals surface area contributed by atoms with Gasteiger partial charge in [-0.15, -0.1) is 0 Å². The number of ketones is 1. The summed E-state index contributed by atoms with van der Waals surface area (Å²) in [5.41, 5.74) is 1.34. The van der Waals surface area contributed by atoms with E-state index in [2.05, 4.69) is 42.5 Å². The van der Waals surface area contributed by atoms with Crippen molar-refractivity contribution < 1.29 is 4.79 Å². The zero-order valence-corrected chi connectivity index (χ0v) is 12.7. The lowest BCUT2D eigenvalue weighted by atomic mass is 9.89. The maximum atomic E-state index is 12.1. The second-order valence-electron chi connectivity index (χ2n) is 5.36. The van der Waals surface area contributed by atoms with Gasteiger partial charge in [-0.2, -0.15) is 0 Å². The molecule has 2 heteroatoms. The summed E-state index contributed by atoms with van der Waals surface area (Å²) < 4.78 is 0. The van der Waals surface area contributed by atoms with Crippen LogP contribution in [0.1, 0.15) is 18.4 Å². The lowest BCUT2D eigenvalue weighted by Crippen LogP contribution is -2.14. The van der Waals surface area contributed by atoms with Crippen molar-refractivity contribution in [2.45, 2.75) is 24.2 Å². The molecule has 21 heavy (non-hydrogen) atoms. The van der Waals surface area contributed by atoms with Gasteiger partial charge in [-0.05, 0) is 36.5 Å².